The van der Waals surface area contributed by atoms with E-state index in [1.807, 2.05) is 23.6 Å². The first-order valence-corrected chi connectivity index (χ1v) is 11.0. The van der Waals surface area contributed by atoms with Crippen LogP contribution in [0.2, 0.25) is 0 Å². The van der Waals surface area contributed by atoms with E-state index < -0.39 is 4.92 Å². The van der Waals surface area contributed by atoms with Crippen LogP contribution in [0.25, 0.3) is 31.1 Å². The van der Waals surface area contributed by atoms with Gasteiger partial charge in [0.25, 0.3) is 11.6 Å². The van der Waals surface area contributed by atoms with Crippen molar-refractivity contribution < 1.29 is 9.72 Å². The fourth-order valence-electron chi connectivity index (χ4n) is 3.58. The first-order valence-electron chi connectivity index (χ1n) is 9.33. The van der Waals surface area contributed by atoms with Crippen molar-refractivity contribution in [1.29, 1.82) is 0 Å². The SMILES string of the molecule is CCn1c(=NC(=O)c2cc3cc([N+](=O)[O-])ccc3s2)sc2c3ccccc3ccc21. The molecule has 2 heterocycles. The third-order valence-electron chi connectivity index (χ3n) is 5.01. The van der Waals surface area contributed by atoms with Crippen molar-refractivity contribution in [2.75, 3.05) is 0 Å². The third kappa shape index (κ3) is 3.01. The number of thiazole rings is 1. The molecule has 5 aromatic rings. The summed E-state index contributed by atoms with van der Waals surface area (Å²) < 4.78 is 3.97. The summed E-state index contributed by atoms with van der Waals surface area (Å²) in [4.78, 5) is 29.0. The lowest BCUT2D eigenvalue weighted by molar-refractivity contribution is -0.384. The number of hydrogen-bond acceptors (Lipinski definition) is 5. The van der Waals surface area contributed by atoms with Gasteiger partial charge < -0.3 is 4.57 Å². The second kappa shape index (κ2) is 7.16. The van der Waals surface area contributed by atoms with Gasteiger partial charge in [0.1, 0.15) is 0 Å². The molecule has 0 saturated carbocycles. The van der Waals surface area contributed by atoms with E-state index in [4.69, 9.17) is 0 Å². The van der Waals surface area contributed by atoms with E-state index in [1.54, 1.807) is 12.1 Å². The third-order valence-corrected chi connectivity index (χ3v) is 7.24. The van der Waals surface area contributed by atoms with Crippen molar-refractivity contribution in [3.8, 4) is 0 Å². The van der Waals surface area contributed by atoms with E-state index >= 15 is 0 Å². The zero-order valence-corrected chi connectivity index (χ0v) is 17.5. The number of rotatable bonds is 3. The predicted octanol–water partition coefficient (Wildman–Crippen LogP) is 5.74. The molecule has 0 radical (unpaired) electrons. The van der Waals surface area contributed by atoms with E-state index in [2.05, 4.69) is 29.3 Å². The van der Waals surface area contributed by atoms with Crippen molar-refractivity contribution in [3.63, 3.8) is 0 Å². The quantitative estimate of drug-likeness (QED) is 0.269. The Morgan fingerprint density at radius 3 is 2.70 bits per heavy atom. The lowest BCUT2D eigenvalue weighted by atomic mass is 10.1. The Bertz CT molecular complexity index is 1540. The number of non-ortho nitro benzene ring substituents is 1. The van der Waals surface area contributed by atoms with Crippen LogP contribution in [-0.4, -0.2) is 15.4 Å². The van der Waals surface area contributed by atoms with Gasteiger partial charge in [0.15, 0.2) is 4.80 Å². The lowest BCUT2D eigenvalue weighted by Gasteiger charge is -2.02. The standard InChI is InChI=1S/C22H15N3O3S2/c1-2-24-17-9-7-13-5-3-4-6-16(13)20(17)30-22(24)23-21(26)19-12-14-11-15(25(27)28)8-10-18(14)29-19/h3-12H,2H2,1H3. The summed E-state index contributed by atoms with van der Waals surface area (Å²) >= 11 is 2.80. The molecule has 2 aromatic heterocycles. The maximum absolute atomic E-state index is 12.9. The van der Waals surface area contributed by atoms with Gasteiger partial charge >= 0.3 is 0 Å². The number of hydrogen-bond donors (Lipinski definition) is 0. The Kier molecular flexibility index (Phi) is 4.45. The molecule has 1 amide bonds. The summed E-state index contributed by atoms with van der Waals surface area (Å²) in [5.41, 5.74) is 1.07. The molecule has 3 aromatic carbocycles. The fraction of sp³-hybridized carbons (Fsp3) is 0.0909. The van der Waals surface area contributed by atoms with Crippen LogP contribution >= 0.6 is 22.7 Å². The summed E-state index contributed by atoms with van der Waals surface area (Å²) in [6.07, 6.45) is 0. The number of nitro benzene ring substituents is 1. The van der Waals surface area contributed by atoms with Crippen LogP contribution in [0, 0.1) is 10.1 Å². The van der Waals surface area contributed by atoms with Crippen LogP contribution in [0.15, 0.2) is 65.7 Å². The van der Waals surface area contributed by atoms with Crippen LogP contribution in [0.5, 0.6) is 0 Å². The Labute approximate surface area is 178 Å². The molecule has 30 heavy (non-hydrogen) atoms. The molecule has 148 valence electrons. The molecule has 0 N–H and O–H groups in total. The number of fused-ring (bicyclic) bond motifs is 4. The number of aromatic nitrogens is 1. The second-order valence-electron chi connectivity index (χ2n) is 6.77. The number of thiophene rings is 1. The maximum Gasteiger partial charge on any atom is 0.289 e. The predicted molar refractivity (Wildman–Crippen MR) is 121 cm³/mol. The van der Waals surface area contributed by atoms with Crippen molar-refractivity contribution in [3.05, 3.63) is 80.5 Å². The van der Waals surface area contributed by atoms with Gasteiger partial charge in [-0.05, 0) is 30.5 Å². The maximum atomic E-state index is 12.9. The second-order valence-corrected chi connectivity index (χ2v) is 8.83. The summed E-state index contributed by atoms with van der Waals surface area (Å²) in [5, 5.41) is 14.0. The van der Waals surface area contributed by atoms with Gasteiger partial charge in [-0.2, -0.15) is 4.99 Å². The normalized spacial score (nSPS) is 12.2. The van der Waals surface area contributed by atoms with Crippen LogP contribution in [0.3, 0.4) is 0 Å². The highest BCUT2D eigenvalue weighted by Gasteiger charge is 2.14. The smallest absolute Gasteiger partial charge is 0.289 e. The minimum atomic E-state index is -0.436. The molecule has 0 saturated heterocycles. The average Bonchev–Trinajstić information content (AvgIpc) is 3.34. The van der Waals surface area contributed by atoms with Crippen molar-refractivity contribution in [1.82, 2.24) is 4.57 Å². The number of nitro groups is 1. The molecule has 6 nitrogen and oxygen atoms in total. The summed E-state index contributed by atoms with van der Waals surface area (Å²) in [7, 11) is 0. The van der Waals surface area contributed by atoms with Gasteiger partial charge in [-0.25, -0.2) is 0 Å². The van der Waals surface area contributed by atoms with E-state index in [0.29, 0.717) is 21.6 Å². The van der Waals surface area contributed by atoms with Gasteiger partial charge in [0.05, 0.1) is 20.0 Å². The van der Waals surface area contributed by atoms with Gasteiger partial charge in [-0.1, -0.05) is 41.7 Å². The Morgan fingerprint density at radius 2 is 1.90 bits per heavy atom. The highest BCUT2D eigenvalue weighted by molar-refractivity contribution is 7.21. The Hall–Kier alpha value is -3.36. The molecule has 0 aliphatic rings. The van der Waals surface area contributed by atoms with Crippen molar-refractivity contribution >= 4 is 65.3 Å². The molecule has 0 bridgehead atoms. The van der Waals surface area contributed by atoms with Gasteiger partial charge in [-0.15, -0.1) is 11.3 Å². The van der Waals surface area contributed by atoms with Crippen molar-refractivity contribution in [2.45, 2.75) is 13.5 Å². The van der Waals surface area contributed by atoms with Crippen LogP contribution in [-0.2, 0) is 6.54 Å². The number of carbonyl (C=O) groups is 1. The van der Waals surface area contributed by atoms with Crippen molar-refractivity contribution in [2.24, 2.45) is 4.99 Å². The van der Waals surface area contributed by atoms with E-state index in [9.17, 15) is 14.9 Å². The minimum absolute atomic E-state index is 0.0106. The lowest BCUT2D eigenvalue weighted by Crippen LogP contribution is -2.15. The molecule has 0 fully saturated rings. The monoisotopic (exact) mass is 433 g/mol. The number of aryl methyl sites for hydroxylation is 1. The average molecular weight is 434 g/mol. The molecule has 0 unspecified atom stereocenters. The summed E-state index contributed by atoms with van der Waals surface area (Å²) in [6.45, 7) is 2.73. The van der Waals surface area contributed by atoms with E-state index in [-0.39, 0.29) is 11.6 Å². The zero-order valence-electron chi connectivity index (χ0n) is 15.9. The first kappa shape index (κ1) is 18.7. The van der Waals surface area contributed by atoms with Crippen LogP contribution in [0.1, 0.15) is 16.6 Å². The van der Waals surface area contributed by atoms with E-state index in [1.165, 1.54) is 34.8 Å². The van der Waals surface area contributed by atoms with E-state index in [0.717, 1.165) is 25.7 Å². The summed E-state index contributed by atoms with van der Waals surface area (Å²) in [5.74, 6) is -0.336. The molecular weight excluding hydrogens is 418 g/mol. The topological polar surface area (TPSA) is 77.5 Å². The zero-order chi connectivity index (χ0) is 20.8. The number of benzene rings is 3. The van der Waals surface area contributed by atoms with Gasteiger partial charge in [0, 0.05) is 34.1 Å². The van der Waals surface area contributed by atoms with Crippen LogP contribution in [0.4, 0.5) is 5.69 Å². The summed E-state index contributed by atoms with van der Waals surface area (Å²) in [6, 6.07) is 18.6. The molecule has 5 rings (SSSR count). The molecule has 0 aliphatic heterocycles. The molecule has 8 heteroatoms. The van der Waals surface area contributed by atoms with Gasteiger partial charge in [0.2, 0.25) is 0 Å². The van der Waals surface area contributed by atoms with Gasteiger partial charge in [-0.3, -0.25) is 14.9 Å². The highest BCUT2D eigenvalue weighted by Crippen LogP contribution is 2.30. The molecular formula is C22H15N3O3S2. The largest absolute Gasteiger partial charge is 0.317 e. The number of nitrogens with zero attached hydrogens (tertiary/aromatic N) is 3. The molecule has 0 atom stereocenters. The molecule has 0 spiro atoms. The number of amides is 1. The number of carbonyl (C=O) groups excluding carboxylic acids is 1. The minimum Gasteiger partial charge on any atom is -0.317 e. The fourth-order valence-corrected chi connectivity index (χ4v) is 5.74. The molecule has 0 aliphatic carbocycles. The first-order chi connectivity index (χ1) is 14.5. The Morgan fingerprint density at radius 1 is 1.07 bits per heavy atom. The van der Waals surface area contributed by atoms with Crippen LogP contribution < -0.4 is 4.80 Å². The Balaban J connectivity index is 1.65. The highest BCUT2D eigenvalue weighted by atomic mass is 32.1.